The van der Waals surface area contributed by atoms with Gasteiger partial charge in [0.1, 0.15) is 5.69 Å². The number of thiazole rings is 1. The summed E-state index contributed by atoms with van der Waals surface area (Å²) in [6.45, 7) is 7.91. The van der Waals surface area contributed by atoms with Crippen LogP contribution in [0.1, 0.15) is 67.2 Å². The van der Waals surface area contributed by atoms with E-state index in [2.05, 4.69) is 4.98 Å². The maximum Gasteiger partial charge on any atom is 0.282 e. The van der Waals surface area contributed by atoms with Crippen molar-refractivity contribution in [3.63, 3.8) is 0 Å². The summed E-state index contributed by atoms with van der Waals surface area (Å²) in [5, 5.41) is 12.0. The molecule has 2 atom stereocenters. The smallest absolute Gasteiger partial charge is 0.282 e. The molecule has 2 heterocycles. The van der Waals surface area contributed by atoms with Crippen molar-refractivity contribution in [2.24, 2.45) is 0 Å². The molecule has 24 heavy (non-hydrogen) atoms. The predicted molar refractivity (Wildman–Crippen MR) is 94.3 cm³/mol. The average molecular weight is 353 g/mol. The average Bonchev–Trinajstić information content (AvgIpc) is 3.01. The number of aromatic nitrogens is 1. The molecule has 134 valence electrons. The van der Waals surface area contributed by atoms with Crippen LogP contribution in [0.25, 0.3) is 0 Å². The van der Waals surface area contributed by atoms with Gasteiger partial charge >= 0.3 is 0 Å². The molecule has 6 nitrogen and oxygen atoms in total. The summed E-state index contributed by atoms with van der Waals surface area (Å²) in [5.74, 6) is -0.379. The number of aliphatic hydroxyl groups is 1. The number of rotatable bonds is 4. The van der Waals surface area contributed by atoms with Gasteiger partial charge in [0.15, 0.2) is 5.01 Å². The van der Waals surface area contributed by atoms with E-state index in [1.54, 1.807) is 33.2 Å². The van der Waals surface area contributed by atoms with Crippen molar-refractivity contribution in [2.45, 2.75) is 64.6 Å². The predicted octanol–water partition coefficient (Wildman–Crippen LogP) is 2.39. The van der Waals surface area contributed by atoms with Crippen molar-refractivity contribution in [2.75, 3.05) is 13.6 Å². The molecule has 1 aromatic heterocycles. The Labute approximate surface area is 147 Å². The number of hydrogen-bond donors (Lipinski definition) is 1. The van der Waals surface area contributed by atoms with Crippen LogP contribution in [0.15, 0.2) is 5.38 Å². The Morgan fingerprint density at radius 2 is 2.12 bits per heavy atom. The van der Waals surface area contributed by atoms with Gasteiger partial charge in [-0.3, -0.25) is 9.59 Å². The van der Waals surface area contributed by atoms with E-state index >= 15 is 0 Å². The number of amides is 2. The van der Waals surface area contributed by atoms with Crippen LogP contribution in [0.5, 0.6) is 0 Å². The lowest BCUT2D eigenvalue weighted by Crippen LogP contribution is -2.48. The molecule has 1 aliphatic heterocycles. The largest absolute Gasteiger partial charge is 0.388 e. The quantitative estimate of drug-likeness (QED) is 0.902. The highest BCUT2D eigenvalue weighted by atomic mass is 32.1. The van der Waals surface area contributed by atoms with Crippen molar-refractivity contribution < 1.29 is 14.7 Å². The number of hydrogen-bond acceptors (Lipinski definition) is 5. The second-order valence-electron chi connectivity index (χ2n) is 7.13. The molecule has 1 aromatic rings. The number of likely N-dealkylation sites (N-methyl/N-ethyl adjacent to an activating group) is 1. The summed E-state index contributed by atoms with van der Waals surface area (Å²) < 4.78 is 0. The van der Waals surface area contributed by atoms with E-state index in [1.165, 1.54) is 16.2 Å². The normalized spacial score (nSPS) is 19.9. The van der Waals surface area contributed by atoms with E-state index in [9.17, 15) is 14.7 Å². The Hall–Kier alpha value is -1.47. The molecule has 0 spiro atoms. The summed E-state index contributed by atoms with van der Waals surface area (Å²) >= 11 is 1.18. The zero-order chi connectivity index (χ0) is 18.1. The highest BCUT2D eigenvalue weighted by Gasteiger charge is 2.32. The summed E-state index contributed by atoms with van der Waals surface area (Å²) in [7, 11) is 1.64. The Balaban J connectivity index is 2.12. The molecular formula is C17H27N3O3S. The fraction of sp³-hybridized carbons (Fsp3) is 0.706. The minimum Gasteiger partial charge on any atom is -0.388 e. The fourth-order valence-electron chi connectivity index (χ4n) is 2.82. The second kappa shape index (κ2) is 7.19. The van der Waals surface area contributed by atoms with Crippen molar-refractivity contribution in [1.29, 1.82) is 0 Å². The minimum absolute atomic E-state index is 0.101. The molecular weight excluding hydrogens is 326 g/mol. The Morgan fingerprint density at radius 1 is 1.46 bits per heavy atom. The first kappa shape index (κ1) is 18.9. The van der Waals surface area contributed by atoms with Gasteiger partial charge in [-0.2, -0.15) is 0 Å². The fourth-order valence-corrected chi connectivity index (χ4v) is 3.59. The molecule has 1 fully saturated rings. The molecule has 0 aromatic carbocycles. The SMILES string of the molecule is CC1CCCCN1C(=O)c1csc(C(=O)N(C)C(C)C(C)(C)O)n1. The maximum absolute atomic E-state index is 12.6. The Bertz CT molecular complexity index is 608. The Morgan fingerprint density at radius 3 is 2.71 bits per heavy atom. The zero-order valence-corrected chi connectivity index (χ0v) is 15.9. The highest BCUT2D eigenvalue weighted by Crippen LogP contribution is 2.22. The molecule has 1 saturated heterocycles. The van der Waals surface area contributed by atoms with Crippen LogP contribution in [-0.4, -0.2) is 63.0 Å². The maximum atomic E-state index is 12.6. The lowest BCUT2D eigenvalue weighted by molar-refractivity contribution is 0.000532. The van der Waals surface area contributed by atoms with E-state index in [0.717, 1.165) is 25.8 Å². The van der Waals surface area contributed by atoms with Gasteiger partial charge in [-0.05, 0) is 47.0 Å². The first-order valence-corrected chi connectivity index (χ1v) is 9.27. The monoisotopic (exact) mass is 353 g/mol. The Kier molecular flexibility index (Phi) is 5.65. The van der Waals surface area contributed by atoms with Gasteiger partial charge in [-0.25, -0.2) is 4.98 Å². The molecule has 0 bridgehead atoms. The third-order valence-corrected chi connectivity index (χ3v) is 5.72. The van der Waals surface area contributed by atoms with Crippen molar-refractivity contribution in [1.82, 2.24) is 14.8 Å². The highest BCUT2D eigenvalue weighted by molar-refractivity contribution is 7.11. The van der Waals surface area contributed by atoms with Crippen LogP contribution in [0.2, 0.25) is 0 Å². The van der Waals surface area contributed by atoms with Crippen molar-refractivity contribution in [3.8, 4) is 0 Å². The van der Waals surface area contributed by atoms with Gasteiger partial charge in [0.2, 0.25) is 0 Å². The minimum atomic E-state index is -1.01. The number of piperidine rings is 1. The van der Waals surface area contributed by atoms with Gasteiger partial charge in [0.25, 0.3) is 11.8 Å². The van der Waals surface area contributed by atoms with Crippen LogP contribution in [-0.2, 0) is 0 Å². The summed E-state index contributed by atoms with van der Waals surface area (Å²) in [5.41, 5.74) is -0.676. The first-order chi connectivity index (χ1) is 11.1. The summed E-state index contributed by atoms with van der Waals surface area (Å²) in [6, 6.07) is -0.153. The molecule has 0 radical (unpaired) electrons. The molecule has 1 N–H and O–H groups in total. The summed E-state index contributed by atoms with van der Waals surface area (Å²) in [4.78, 5) is 32.7. The van der Waals surface area contributed by atoms with Crippen molar-refractivity contribution >= 4 is 23.2 Å². The number of carbonyl (C=O) groups excluding carboxylic acids is 2. The first-order valence-electron chi connectivity index (χ1n) is 8.39. The van der Waals surface area contributed by atoms with E-state index in [0.29, 0.717) is 5.69 Å². The number of carbonyl (C=O) groups is 2. The van der Waals surface area contributed by atoms with Gasteiger partial charge in [0, 0.05) is 25.0 Å². The lowest BCUT2D eigenvalue weighted by atomic mass is 9.99. The second-order valence-corrected chi connectivity index (χ2v) is 7.99. The third-order valence-electron chi connectivity index (χ3n) is 4.89. The van der Waals surface area contributed by atoms with E-state index in [4.69, 9.17) is 0 Å². The number of nitrogens with zero attached hydrogens (tertiary/aromatic N) is 3. The molecule has 0 aliphatic carbocycles. The molecule has 7 heteroatoms. The molecule has 0 saturated carbocycles. The van der Waals surface area contributed by atoms with E-state index < -0.39 is 5.60 Å². The van der Waals surface area contributed by atoms with Gasteiger partial charge < -0.3 is 14.9 Å². The van der Waals surface area contributed by atoms with Crippen LogP contribution in [0.4, 0.5) is 0 Å². The van der Waals surface area contributed by atoms with Crippen molar-refractivity contribution in [3.05, 3.63) is 16.1 Å². The van der Waals surface area contributed by atoms with E-state index in [1.807, 2.05) is 11.8 Å². The van der Waals surface area contributed by atoms with Crippen LogP contribution in [0, 0.1) is 0 Å². The summed E-state index contributed by atoms with van der Waals surface area (Å²) in [6.07, 6.45) is 3.16. The standard InChI is InChI=1S/C17H27N3O3S/c1-11-8-6-7-9-20(11)15(21)13-10-24-14(18-13)16(22)19(5)12(2)17(3,4)23/h10-12,23H,6-9H2,1-5H3. The molecule has 2 amide bonds. The zero-order valence-electron chi connectivity index (χ0n) is 15.1. The molecule has 2 rings (SSSR count). The molecule has 1 aliphatic rings. The van der Waals surface area contributed by atoms with Gasteiger partial charge in [-0.15, -0.1) is 11.3 Å². The van der Waals surface area contributed by atoms with Crippen LogP contribution in [0.3, 0.4) is 0 Å². The number of likely N-dealkylation sites (tertiary alicyclic amines) is 1. The third kappa shape index (κ3) is 3.95. The van der Waals surface area contributed by atoms with E-state index in [-0.39, 0.29) is 28.9 Å². The lowest BCUT2D eigenvalue weighted by Gasteiger charge is -2.33. The molecule has 2 unspecified atom stereocenters. The van der Waals surface area contributed by atoms with Gasteiger partial charge in [-0.1, -0.05) is 0 Å². The van der Waals surface area contributed by atoms with Crippen LogP contribution < -0.4 is 0 Å². The van der Waals surface area contributed by atoms with Crippen LogP contribution >= 0.6 is 11.3 Å². The van der Waals surface area contributed by atoms with Gasteiger partial charge in [0.05, 0.1) is 11.6 Å². The topological polar surface area (TPSA) is 73.7 Å².